The molecule has 2 aliphatic rings. The van der Waals surface area contributed by atoms with Crippen LogP contribution in [0.3, 0.4) is 0 Å². The van der Waals surface area contributed by atoms with Crippen LogP contribution in [0, 0.1) is 5.92 Å². The highest BCUT2D eigenvalue weighted by atomic mass is 16.5. The Labute approximate surface area is 194 Å². The Hall–Kier alpha value is -2.13. The molecule has 2 aromatic carbocycles. The molecule has 0 radical (unpaired) electrons. The Balaban J connectivity index is 1.46. The number of Topliss-reactive ketones (excluding diaryl/α,β-unsaturated/α-hetero) is 1. The first-order chi connectivity index (χ1) is 15.3. The van der Waals surface area contributed by atoms with Gasteiger partial charge in [-0.05, 0) is 72.9 Å². The molecule has 4 rings (SSSR count). The van der Waals surface area contributed by atoms with Gasteiger partial charge in [-0.25, -0.2) is 0 Å². The number of methoxy groups -OCH3 is 1. The summed E-state index contributed by atoms with van der Waals surface area (Å²) >= 11 is 0. The average molecular weight is 434 g/mol. The molecule has 2 unspecified atom stereocenters. The van der Waals surface area contributed by atoms with E-state index in [-0.39, 0.29) is 22.9 Å². The fourth-order valence-corrected chi connectivity index (χ4v) is 5.63. The van der Waals surface area contributed by atoms with E-state index in [9.17, 15) is 4.79 Å². The highest BCUT2D eigenvalue weighted by Gasteiger charge is 2.64. The number of ether oxygens (including phenoxy) is 1. The molecule has 2 aromatic rings. The Morgan fingerprint density at radius 1 is 1.00 bits per heavy atom. The zero-order valence-corrected chi connectivity index (χ0v) is 20.5. The molecule has 32 heavy (non-hydrogen) atoms. The first-order valence-electron chi connectivity index (χ1n) is 12.3. The zero-order chi connectivity index (χ0) is 22.9. The van der Waals surface area contributed by atoms with Crippen molar-refractivity contribution in [3.05, 3.63) is 65.2 Å². The van der Waals surface area contributed by atoms with E-state index in [1.165, 1.54) is 16.7 Å². The van der Waals surface area contributed by atoms with E-state index in [0.717, 1.165) is 50.8 Å². The number of unbranched alkanes of at least 4 members (excludes halogenated alkanes) is 1. The van der Waals surface area contributed by atoms with Gasteiger partial charge in [0.2, 0.25) is 0 Å². The summed E-state index contributed by atoms with van der Waals surface area (Å²) in [4.78, 5) is 16.1. The minimum absolute atomic E-state index is 0.119. The van der Waals surface area contributed by atoms with Crippen LogP contribution in [0.25, 0.3) is 0 Å². The summed E-state index contributed by atoms with van der Waals surface area (Å²) in [5.74, 6) is 1.53. The molecule has 1 saturated carbocycles. The third-order valence-electron chi connectivity index (χ3n) is 7.63. The van der Waals surface area contributed by atoms with E-state index in [2.05, 4.69) is 69.0 Å². The van der Waals surface area contributed by atoms with E-state index < -0.39 is 0 Å². The van der Waals surface area contributed by atoms with Gasteiger partial charge in [-0.2, -0.15) is 0 Å². The van der Waals surface area contributed by atoms with Crippen LogP contribution < -0.4 is 4.74 Å². The third-order valence-corrected chi connectivity index (χ3v) is 7.63. The van der Waals surface area contributed by atoms with E-state index >= 15 is 0 Å². The van der Waals surface area contributed by atoms with Crippen molar-refractivity contribution in [2.45, 2.75) is 83.2 Å². The number of rotatable bonds is 8. The van der Waals surface area contributed by atoms with Crippen LogP contribution in [0.15, 0.2) is 48.5 Å². The first kappa shape index (κ1) is 23.0. The number of likely N-dealkylation sites (N-methyl/N-ethyl adjacent to an activating group) is 1. The summed E-state index contributed by atoms with van der Waals surface area (Å²) in [5.41, 5.74) is 3.99. The maximum atomic E-state index is 13.5. The van der Waals surface area contributed by atoms with Crippen molar-refractivity contribution >= 4 is 5.78 Å². The topological polar surface area (TPSA) is 29.5 Å². The van der Waals surface area contributed by atoms with Gasteiger partial charge >= 0.3 is 0 Å². The molecule has 1 saturated heterocycles. The van der Waals surface area contributed by atoms with E-state index in [4.69, 9.17) is 4.74 Å². The fraction of sp³-hybridized carbons (Fsp3) is 0.552. The van der Waals surface area contributed by atoms with Gasteiger partial charge in [0.15, 0.2) is 5.78 Å². The molecule has 1 spiro atoms. The van der Waals surface area contributed by atoms with Gasteiger partial charge in [0.25, 0.3) is 0 Å². The first-order valence-corrected chi connectivity index (χ1v) is 12.3. The number of hydrogen-bond donors (Lipinski definition) is 0. The zero-order valence-electron chi connectivity index (χ0n) is 20.5. The Morgan fingerprint density at radius 2 is 1.66 bits per heavy atom. The third kappa shape index (κ3) is 4.37. The number of hydrogen-bond acceptors (Lipinski definition) is 3. The van der Waals surface area contributed by atoms with Crippen molar-refractivity contribution < 1.29 is 9.53 Å². The summed E-state index contributed by atoms with van der Waals surface area (Å²) in [7, 11) is 1.70. The van der Waals surface area contributed by atoms with Crippen molar-refractivity contribution in [1.29, 1.82) is 0 Å². The van der Waals surface area contributed by atoms with Gasteiger partial charge in [0, 0.05) is 12.0 Å². The highest BCUT2D eigenvalue weighted by molar-refractivity contribution is 5.96. The van der Waals surface area contributed by atoms with Gasteiger partial charge in [-0.1, -0.05) is 70.5 Å². The molecular weight excluding hydrogens is 394 g/mol. The number of carbonyl (C=O) groups excluding carboxylic acids is 1. The van der Waals surface area contributed by atoms with Crippen molar-refractivity contribution in [2.24, 2.45) is 5.92 Å². The summed E-state index contributed by atoms with van der Waals surface area (Å²) in [6, 6.07) is 17.7. The minimum atomic E-state index is -0.164. The molecule has 0 aromatic heterocycles. The molecule has 1 aliphatic heterocycles. The van der Waals surface area contributed by atoms with Gasteiger partial charge in [-0.3, -0.25) is 9.69 Å². The lowest BCUT2D eigenvalue weighted by Gasteiger charge is -2.30. The highest BCUT2D eigenvalue weighted by Crippen LogP contribution is 2.57. The standard InChI is InChI=1S/C29H39NO2/c1-6-30-26(22-13-15-23(16-14-22)28(2,3)4)25(27(31)29(30)19-20-29)10-8-7-9-21-11-17-24(32-5)18-12-21/h11-18,25-26H,6-10,19-20H2,1-5H3. The summed E-state index contributed by atoms with van der Waals surface area (Å²) in [5, 5.41) is 0. The number of benzene rings is 2. The Bertz CT molecular complexity index is 919. The monoisotopic (exact) mass is 433 g/mol. The molecule has 1 aliphatic carbocycles. The van der Waals surface area contributed by atoms with Crippen LogP contribution in [-0.4, -0.2) is 29.9 Å². The van der Waals surface area contributed by atoms with Crippen LogP contribution in [0.2, 0.25) is 0 Å². The molecule has 0 amide bonds. The van der Waals surface area contributed by atoms with Crippen molar-refractivity contribution in [2.75, 3.05) is 13.7 Å². The van der Waals surface area contributed by atoms with Crippen LogP contribution in [0.1, 0.15) is 82.5 Å². The number of aryl methyl sites for hydroxylation is 1. The largest absolute Gasteiger partial charge is 0.497 e. The van der Waals surface area contributed by atoms with Gasteiger partial charge in [-0.15, -0.1) is 0 Å². The number of likely N-dealkylation sites (tertiary alicyclic amines) is 1. The maximum absolute atomic E-state index is 13.5. The Morgan fingerprint density at radius 3 is 2.19 bits per heavy atom. The number of ketones is 1. The lowest BCUT2D eigenvalue weighted by atomic mass is 9.83. The summed E-state index contributed by atoms with van der Waals surface area (Å²) in [6.07, 6.45) is 6.33. The van der Waals surface area contributed by atoms with E-state index in [1.807, 2.05) is 12.1 Å². The number of carbonyl (C=O) groups is 1. The van der Waals surface area contributed by atoms with E-state index in [0.29, 0.717) is 5.78 Å². The van der Waals surface area contributed by atoms with Gasteiger partial charge in [0.05, 0.1) is 12.6 Å². The normalized spacial score (nSPS) is 22.5. The van der Waals surface area contributed by atoms with Gasteiger partial charge < -0.3 is 4.74 Å². The minimum Gasteiger partial charge on any atom is -0.497 e. The van der Waals surface area contributed by atoms with E-state index in [1.54, 1.807) is 7.11 Å². The summed E-state index contributed by atoms with van der Waals surface area (Å²) in [6.45, 7) is 9.93. The van der Waals surface area contributed by atoms with Crippen molar-refractivity contribution in [3.8, 4) is 5.75 Å². The molecule has 172 valence electrons. The van der Waals surface area contributed by atoms with Crippen LogP contribution in [0.5, 0.6) is 5.75 Å². The van der Waals surface area contributed by atoms with Crippen molar-refractivity contribution in [1.82, 2.24) is 4.90 Å². The van der Waals surface area contributed by atoms with Gasteiger partial charge in [0.1, 0.15) is 5.75 Å². The van der Waals surface area contributed by atoms with Crippen LogP contribution in [-0.2, 0) is 16.6 Å². The molecule has 1 heterocycles. The second kappa shape index (κ2) is 9.02. The molecule has 2 fully saturated rings. The average Bonchev–Trinajstić information content (AvgIpc) is 3.55. The second-order valence-corrected chi connectivity index (χ2v) is 10.7. The predicted octanol–water partition coefficient (Wildman–Crippen LogP) is 6.50. The summed E-state index contributed by atoms with van der Waals surface area (Å²) < 4.78 is 5.26. The van der Waals surface area contributed by atoms with Crippen LogP contribution >= 0.6 is 0 Å². The lowest BCUT2D eigenvalue weighted by Crippen LogP contribution is -2.36. The molecular formula is C29H39NO2. The van der Waals surface area contributed by atoms with Crippen molar-refractivity contribution in [3.63, 3.8) is 0 Å². The molecule has 0 N–H and O–H groups in total. The quantitative estimate of drug-likeness (QED) is 0.445. The Kier molecular flexibility index (Phi) is 6.49. The molecule has 3 nitrogen and oxygen atoms in total. The molecule has 0 bridgehead atoms. The fourth-order valence-electron chi connectivity index (χ4n) is 5.63. The SMILES string of the molecule is CCN1C(c2ccc(C(C)(C)C)cc2)C(CCCCc2ccc(OC)cc2)C(=O)C12CC2. The lowest BCUT2D eigenvalue weighted by molar-refractivity contribution is -0.123. The van der Waals surface area contributed by atoms with Crippen LogP contribution in [0.4, 0.5) is 0 Å². The second-order valence-electron chi connectivity index (χ2n) is 10.7. The molecule has 3 heteroatoms. The smallest absolute Gasteiger partial charge is 0.158 e. The maximum Gasteiger partial charge on any atom is 0.158 e. The number of nitrogens with zero attached hydrogens (tertiary/aromatic N) is 1. The molecule has 2 atom stereocenters. The predicted molar refractivity (Wildman–Crippen MR) is 131 cm³/mol.